The molecule has 0 fully saturated rings. The number of hydrogen-bond donors (Lipinski definition) is 2. The summed E-state index contributed by atoms with van der Waals surface area (Å²) < 4.78 is 0. The van der Waals surface area contributed by atoms with Gasteiger partial charge in [0.25, 0.3) is 11.8 Å². The number of benzene rings is 1. The molecule has 6 heteroatoms. The Balaban J connectivity index is 2.11. The highest BCUT2D eigenvalue weighted by molar-refractivity contribution is 6.04. The van der Waals surface area contributed by atoms with Crippen LogP contribution in [0, 0.1) is 0 Å². The van der Waals surface area contributed by atoms with Gasteiger partial charge < -0.3 is 15.3 Å². The number of aromatic nitrogens is 1. The monoisotopic (exact) mass is 341 g/mol. The van der Waals surface area contributed by atoms with Gasteiger partial charge >= 0.3 is 0 Å². The second kappa shape index (κ2) is 9.54. The summed E-state index contributed by atoms with van der Waals surface area (Å²) in [7, 11) is 0. The van der Waals surface area contributed by atoms with Gasteiger partial charge in [-0.05, 0) is 36.8 Å². The number of amides is 2. The molecular formula is C19H23N3O3. The van der Waals surface area contributed by atoms with Crippen LogP contribution >= 0.6 is 0 Å². The fraction of sp³-hybridized carbons (Fsp3) is 0.316. The minimum atomic E-state index is -0.282. The number of aliphatic hydroxyl groups is 1. The molecular weight excluding hydrogens is 318 g/mol. The first-order chi connectivity index (χ1) is 12.2. The first kappa shape index (κ1) is 18.6. The van der Waals surface area contributed by atoms with Crippen molar-refractivity contribution in [3.63, 3.8) is 0 Å². The number of aliphatic hydroxyl groups excluding tert-OH is 1. The first-order valence-electron chi connectivity index (χ1n) is 8.37. The zero-order valence-electron chi connectivity index (χ0n) is 14.3. The number of anilines is 1. The molecule has 25 heavy (non-hydrogen) atoms. The highest BCUT2D eigenvalue weighted by atomic mass is 16.3. The summed E-state index contributed by atoms with van der Waals surface area (Å²) in [5.41, 5.74) is 1.47. The summed E-state index contributed by atoms with van der Waals surface area (Å²) in [6.45, 7) is 2.87. The van der Waals surface area contributed by atoms with E-state index in [0.717, 1.165) is 12.8 Å². The van der Waals surface area contributed by atoms with E-state index in [9.17, 15) is 14.7 Å². The zero-order valence-corrected chi connectivity index (χ0v) is 14.3. The molecule has 2 rings (SSSR count). The quantitative estimate of drug-likeness (QED) is 0.773. The van der Waals surface area contributed by atoms with Gasteiger partial charge in [-0.25, -0.2) is 0 Å². The van der Waals surface area contributed by atoms with Crippen LogP contribution in [0.4, 0.5) is 5.69 Å². The number of nitrogens with zero attached hydrogens (tertiary/aromatic N) is 2. The molecule has 0 atom stereocenters. The Labute approximate surface area is 147 Å². The predicted octanol–water partition coefficient (Wildman–Crippen LogP) is 2.57. The van der Waals surface area contributed by atoms with Gasteiger partial charge in [-0.15, -0.1) is 0 Å². The Morgan fingerprint density at radius 3 is 2.64 bits per heavy atom. The molecule has 0 unspecified atom stereocenters. The van der Waals surface area contributed by atoms with Gasteiger partial charge in [0.1, 0.15) is 0 Å². The molecule has 6 nitrogen and oxygen atoms in total. The highest BCUT2D eigenvalue weighted by Gasteiger charge is 2.15. The van der Waals surface area contributed by atoms with Crippen molar-refractivity contribution in [2.24, 2.45) is 0 Å². The molecule has 1 aromatic carbocycles. The van der Waals surface area contributed by atoms with Crippen molar-refractivity contribution in [3.8, 4) is 0 Å². The van der Waals surface area contributed by atoms with E-state index in [1.54, 1.807) is 47.5 Å². The van der Waals surface area contributed by atoms with Crippen LogP contribution in [-0.2, 0) is 0 Å². The summed E-state index contributed by atoms with van der Waals surface area (Å²) >= 11 is 0. The molecule has 0 radical (unpaired) electrons. The normalized spacial score (nSPS) is 10.3. The van der Waals surface area contributed by atoms with Crippen molar-refractivity contribution < 1.29 is 14.7 Å². The third-order valence-electron chi connectivity index (χ3n) is 3.73. The molecule has 2 amide bonds. The SMILES string of the molecule is CCCCN(CCO)C(=O)c1cccc(NC(=O)c2cccnc2)c1. The Bertz CT molecular complexity index is 704. The lowest BCUT2D eigenvalue weighted by Crippen LogP contribution is -2.34. The largest absolute Gasteiger partial charge is 0.395 e. The van der Waals surface area contributed by atoms with Gasteiger partial charge in [0, 0.05) is 36.7 Å². The number of carbonyl (C=O) groups is 2. The third-order valence-corrected chi connectivity index (χ3v) is 3.73. The molecule has 2 aromatic rings. The Morgan fingerprint density at radius 1 is 1.16 bits per heavy atom. The fourth-order valence-electron chi connectivity index (χ4n) is 2.40. The molecule has 2 N–H and O–H groups in total. The van der Waals surface area contributed by atoms with Crippen LogP contribution in [-0.4, -0.2) is 46.5 Å². The van der Waals surface area contributed by atoms with E-state index in [1.807, 2.05) is 0 Å². The molecule has 0 aliphatic heterocycles. The average Bonchev–Trinajstić information content (AvgIpc) is 2.65. The Hall–Kier alpha value is -2.73. The molecule has 0 bridgehead atoms. The minimum absolute atomic E-state index is 0.0765. The molecule has 132 valence electrons. The van der Waals surface area contributed by atoms with Crippen LogP contribution < -0.4 is 5.32 Å². The second-order valence-electron chi connectivity index (χ2n) is 5.65. The molecule has 0 saturated carbocycles. The van der Waals surface area contributed by atoms with Gasteiger partial charge in [-0.2, -0.15) is 0 Å². The summed E-state index contributed by atoms with van der Waals surface area (Å²) in [5.74, 6) is -0.434. The molecule has 0 spiro atoms. The van der Waals surface area contributed by atoms with Crippen LogP contribution in [0.25, 0.3) is 0 Å². The predicted molar refractivity (Wildman–Crippen MR) is 96.5 cm³/mol. The van der Waals surface area contributed by atoms with Crippen molar-refractivity contribution >= 4 is 17.5 Å². The third kappa shape index (κ3) is 5.39. The smallest absolute Gasteiger partial charge is 0.257 e. The fourth-order valence-corrected chi connectivity index (χ4v) is 2.40. The molecule has 0 aliphatic rings. The summed E-state index contributed by atoms with van der Waals surface area (Å²) in [6, 6.07) is 10.2. The van der Waals surface area contributed by atoms with E-state index in [0.29, 0.717) is 29.9 Å². The van der Waals surface area contributed by atoms with E-state index < -0.39 is 0 Å². The topological polar surface area (TPSA) is 82.5 Å². The lowest BCUT2D eigenvalue weighted by atomic mass is 10.1. The van der Waals surface area contributed by atoms with Gasteiger partial charge in [0.2, 0.25) is 0 Å². The number of hydrogen-bond acceptors (Lipinski definition) is 4. The molecule has 1 aromatic heterocycles. The van der Waals surface area contributed by atoms with Crippen LogP contribution in [0.1, 0.15) is 40.5 Å². The standard InChI is InChI=1S/C19H23N3O3/c1-2-3-10-22(11-12-23)19(25)15-6-4-8-17(13-15)21-18(24)16-7-5-9-20-14-16/h4-9,13-14,23H,2-3,10-12H2,1H3,(H,21,24). The van der Waals surface area contributed by atoms with Crippen molar-refractivity contribution in [3.05, 3.63) is 59.9 Å². The zero-order chi connectivity index (χ0) is 18.1. The molecule has 0 saturated heterocycles. The van der Waals surface area contributed by atoms with Gasteiger partial charge in [0.05, 0.1) is 12.2 Å². The van der Waals surface area contributed by atoms with Crippen LogP contribution in [0.2, 0.25) is 0 Å². The first-order valence-corrected chi connectivity index (χ1v) is 8.37. The van der Waals surface area contributed by atoms with Crippen LogP contribution in [0.5, 0.6) is 0 Å². The number of pyridine rings is 1. The second-order valence-corrected chi connectivity index (χ2v) is 5.65. The van der Waals surface area contributed by atoms with E-state index in [4.69, 9.17) is 0 Å². The summed E-state index contributed by atoms with van der Waals surface area (Å²) in [6.07, 6.45) is 4.93. The number of nitrogens with one attached hydrogen (secondary N) is 1. The van der Waals surface area contributed by atoms with E-state index in [2.05, 4.69) is 17.2 Å². The van der Waals surface area contributed by atoms with E-state index in [-0.39, 0.29) is 18.4 Å². The van der Waals surface area contributed by atoms with Crippen molar-refractivity contribution in [1.29, 1.82) is 0 Å². The van der Waals surface area contributed by atoms with Crippen molar-refractivity contribution in [2.45, 2.75) is 19.8 Å². The summed E-state index contributed by atoms with van der Waals surface area (Å²) in [5, 5.41) is 11.9. The lowest BCUT2D eigenvalue weighted by molar-refractivity contribution is 0.0719. The van der Waals surface area contributed by atoms with Crippen molar-refractivity contribution in [1.82, 2.24) is 9.88 Å². The maximum absolute atomic E-state index is 12.6. The summed E-state index contributed by atoms with van der Waals surface area (Å²) in [4.78, 5) is 30.4. The van der Waals surface area contributed by atoms with Gasteiger partial charge in [-0.1, -0.05) is 19.4 Å². The van der Waals surface area contributed by atoms with E-state index in [1.165, 1.54) is 6.20 Å². The Kier molecular flexibility index (Phi) is 7.10. The van der Waals surface area contributed by atoms with Crippen molar-refractivity contribution in [2.75, 3.05) is 25.0 Å². The average molecular weight is 341 g/mol. The lowest BCUT2D eigenvalue weighted by Gasteiger charge is -2.22. The Morgan fingerprint density at radius 2 is 1.96 bits per heavy atom. The number of rotatable bonds is 8. The highest BCUT2D eigenvalue weighted by Crippen LogP contribution is 2.14. The van der Waals surface area contributed by atoms with E-state index >= 15 is 0 Å². The number of unbranched alkanes of at least 4 members (excludes halogenated alkanes) is 1. The maximum atomic E-state index is 12.6. The maximum Gasteiger partial charge on any atom is 0.257 e. The minimum Gasteiger partial charge on any atom is -0.395 e. The van der Waals surface area contributed by atoms with Gasteiger partial charge in [0.15, 0.2) is 0 Å². The molecule has 0 aliphatic carbocycles. The molecule has 1 heterocycles. The van der Waals surface area contributed by atoms with Crippen LogP contribution in [0.3, 0.4) is 0 Å². The number of carbonyl (C=O) groups excluding carboxylic acids is 2. The van der Waals surface area contributed by atoms with Gasteiger partial charge in [-0.3, -0.25) is 14.6 Å². The van der Waals surface area contributed by atoms with Crippen LogP contribution in [0.15, 0.2) is 48.8 Å².